The highest BCUT2D eigenvalue weighted by Crippen LogP contribution is 2.19. The molecule has 0 spiro atoms. The van der Waals surface area contributed by atoms with Crippen molar-refractivity contribution in [1.82, 2.24) is 24.5 Å². The summed E-state index contributed by atoms with van der Waals surface area (Å²) in [7, 11) is 0. The van der Waals surface area contributed by atoms with E-state index in [1.165, 1.54) is 0 Å². The molecule has 0 saturated carbocycles. The van der Waals surface area contributed by atoms with Crippen LogP contribution in [0.5, 0.6) is 0 Å². The summed E-state index contributed by atoms with van der Waals surface area (Å²) in [6, 6.07) is 5.12. The molecule has 4 rings (SSSR count). The van der Waals surface area contributed by atoms with Crippen molar-refractivity contribution in [2.45, 2.75) is 25.5 Å². The first-order chi connectivity index (χ1) is 12.8. The van der Waals surface area contributed by atoms with E-state index >= 15 is 0 Å². The maximum absolute atomic E-state index is 12.2. The maximum Gasteiger partial charge on any atom is 0.266 e. The van der Waals surface area contributed by atoms with Crippen molar-refractivity contribution in [2.75, 3.05) is 39.5 Å². The monoisotopic (exact) mass is 359 g/mol. The summed E-state index contributed by atoms with van der Waals surface area (Å²) in [5.41, 5.74) is -0.0592. The lowest BCUT2D eigenvalue weighted by Crippen LogP contribution is -2.44. The quantitative estimate of drug-likeness (QED) is 0.776. The average Bonchev–Trinajstić information content (AvgIpc) is 3.21. The van der Waals surface area contributed by atoms with E-state index in [0.717, 1.165) is 32.5 Å². The summed E-state index contributed by atoms with van der Waals surface area (Å²) >= 11 is 0. The van der Waals surface area contributed by atoms with E-state index in [-0.39, 0.29) is 11.7 Å². The second-order valence-electron chi connectivity index (χ2n) is 6.97. The first-order valence-electron chi connectivity index (χ1n) is 9.28. The van der Waals surface area contributed by atoms with E-state index in [0.29, 0.717) is 38.1 Å². The van der Waals surface area contributed by atoms with Crippen molar-refractivity contribution in [3.63, 3.8) is 0 Å². The Labute approximate surface area is 152 Å². The third-order valence-electron chi connectivity index (χ3n) is 5.08. The fourth-order valence-electron chi connectivity index (χ4n) is 3.62. The first-order valence-corrected chi connectivity index (χ1v) is 9.28. The Kier molecular flexibility index (Phi) is 5.42. The zero-order chi connectivity index (χ0) is 17.8. The predicted octanol–water partition coefficient (Wildman–Crippen LogP) is 0.556. The summed E-state index contributed by atoms with van der Waals surface area (Å²) < 4.78 is 14.5. The molecule has 2 aliphatic heterocycles. The lowest BCUT2D eigenvalue weighted by atomic mass is 9.96. The molecular formula is C18H25N5O3. The number of ether oxygens (including phenoxy) is 2. The SMILES string of the molecule is O=c1ccc(-n2cccn2)nn1CC1CCN(CC2COCCO2)CC1. The van der Waals surface area contributed by atoms with Crippen LogP contribution in [0.15, 0.2) is 35.4 Å². The molecule has 2 aromatic heterocycles. The number of likely N-dealkylation sites (tertiary alicyclic amines) is 1. The number of aromatic nitrogens is 4. The molecule has 8 nitrogen and oxygen atoms in total. The van der Waals surface area contributed by atoms with E-state index < -0.39 is 0 Å². The molecule has 0 radical (unpaired) electrons. The molecule has 140 valence electrons. The molecule has 0 N–H and O–H groups in total. The van der Waals surface area contributed by atoms with Gasteiger partial charge in [0.1, 0.15) is 0 Å². The van der Waals surface area contributed by atoms with Crippen LogP contribution in [-0.2, 0) is 16.0 Å². The molecule has 2 saturated heterocycles. The summed E-state index contributed by atoms with van der Waals surface area (Å²) in [6.45, 7) is 5.74. The number of rotatable bonds is 5. The minimum Gasteiger partial charge on any atom is -0.376 e. The lowest BCUT2D eigenvalue weighted by molar-refractivity contribution is -0.0994. The fourth-order valence-corrected chi connectivity index (χ4v) is 3.62. The zero-order valence-corrected chi connectivity index (χ0v) is 14.9. The van der Waals surface area contributed by atoms with E-state index in [9.17, 15) is 4.79 Å². The number of nitrogens with zero attached hydrogens (tertiary/aromatic N) is 5. The molecule has 8 heteroatoms. The molecule has 0 bridgehead atoms. The van der Waals surface area contributed by atoms with Crippen LogP contribution in [0.3, 0.4) is 0 Å². The first kappa shape index (κ1) is 17.4. The van der Waals surface area contributed by atoms with Crippen LogP contribution in [0.4, 0.5) is 0 Å². The number of hydrogen-bond donors (Lipinski definition) is 0. The van der Waals surface area contributed by atoms with E-state index in [1.54, 1.807) is 27.7 Å². The number of piperidine rings is 1. The van der Waals surface area contributed by atoms with Gasteiger partial charge in [-0.05, 0) is 44.0 Å². The van der Waals surface area contributed by atoms with Crippen molar-refractivity contribution in [3.8, 4) is 5.82 Å². The van der Waals surface area contributed by atoms with E-state index in [1.807, 2.05) is 12.3 Å². The van der Waals surface area contributed by atoms with E-state index in [2.05, 4.69) is 15.1 Å². The molecule has 0 aromatic carbocycles. The highest BCUT2D eigenvalue weighted by atomic mass is 16.6. The predicted molar refractivity (Wildman–Crippen MR) is 95.3 cm³/mol. The third-order valence-corrected chi connectivity index (χ3v) is 5.08. The Hall–Kier alpha value is -2.03. The molecule has 1 atom stereocenters. The van der Waals surface area contributed by atoms with Crippen LogP contribution < -0.4 is 5.56 Å². The van der Waals surface area contributed by atoms with Gasteiger partial charge < -0.3 is 14.4 Å². The standard InChI is InChI=1S/C18H25N5O3/c24-18-3-2-17(22-7-1-6-19-22)20-23(18)12-15-4-8-21(9-5-15)13-16-14-25-10-11-26-16/h1-3,6-7,15-16H,4-5,8-14H2. The van der Waals surface area contributed by atoms with Crippen molar-refractivity contribution in [3.05, 3.63) is 40.9 Å². The van der Waals surface area contributed by atoms with Crippen molar-refractivity contribution in [2.24, 2.45) is 5.92 Å². The van der Waals surface area contributed by atoms with Crippen LogP contribution >= 0.6 is 0 Å². The normalized spacial score (nSPS) is 22.5. The van der Waals surface area contributed by atoms with Gasteiger partial charge in [-0.3, -0.25) is 4.79 Å². The molecule has 2 aliphatic rings. The summed E-state index contributed by atoms with van der Waals surface area (Å²) in [5.74, 6) is 1.13. The summed E-state index contributed by atoms with van der Waals surface area (Å²) in [4.78, 5) is 14.6. The van der Waals surface area contributed by atoms with Gasteiger partial charge in [0.2, 0.25) is 0 Å². The van der Waals surface area contributed by atoms with Gasteiger partial charge in [0, 0.05) is 31.5 Å². The van der Waals surface area contributed by atoms with Crippen molar-refractivity contribution in [1.29, 1.82) is 0 Å². The zero-order valence-electron chi connectivity index (χ0n) is 14.9. The van der Waals surface area contributed by atoms with Gasteiger partial charge >= 0.3 is 0 Å². The van der Waals surface area contributed by atoms with Crippen LogP contribution in [0.25, 0.3) is 5.82 Å². The van der Waals surface area contributed by atoms with Crippen LogP contribution in [0.1, 0.15) is 12.8 Å². The largest absolute Gasteiger partial charge is 0.376 e. The molecular weight excluding hydrogens is 334 g/mol. The van der Waals surface area contributed by atoms with Crippen LogP contribution in [-0.4, -0.2) is 70.0 Å². The minimum absolute atomic E-state index is 0.0592. The molecule has 2 aromatic rings. The van der Waals surface area contributed by atoms with Crippen molar-refractivity contribution < 1.29 is 9.47 Å². The lowest BCUT2D eigenvalue weighted by Gasteiger charge is -2.35. The molecule has 2 fully saturated rings. The Bertz CT molecular complexity index is 746. The minimum atomic E-state index is -0.0592. The van der Waals surface area contributed by atoms with Gasteiger partial charge in [-0.1, -0.05) is 0 Å². The summed E-state index contributed by atoms with van der Waals surface area (Å²) in [5, 5.41) is 8.66. The van der Waals surface area contributed by atoms with Gasteiger partial charge in [-0.25, -0.2) is 9.36 Å². The maximum atomic E-state index is 12.2. The summed E-state index contributed by atoms with van der Waals surface area (Å²) in [6.07, 6.45) is 5.84. The Morgan fingerprint density at radius 2 is 2.04 bits per heavy atom. The second kappa shape index (κ2) is 8.11. The molecule has 26 heavy (non-hydrogen) atoms. The van der Waals surface area contributed by atoms with Gasteiger partial charge in [0.25, 0.3) is 5.56 Å². The van der Waals surface area contributed by atoms with Crippen LogP contribution in [0.2, 0.25) is 0 Å². The van der Waals surface area contributed by atoms with Crippen LogP contribution in [0, 0.1) is 5.92 Å². The smallest absolute Gasteiger partial charge is 0.266 e. The molecule has 0 amide bonds. The second-order valence-corrected chi connectivity index (χ2v) is 6.97. The fraction of sp³-hybridized carbons (Fsp3) is 0.611. The van der Waals surface area contributed by atoms with E-state index in [4.69, 9.17) is 9.47 Å². The van der Waals surface area contributed by atoms with Gasteiger partial charge in [-0.2, -0.15) is 5.10 Å². The molecule has 4 heterocycles. The Morgan fingerprint density at radius 1 is 1.15 bits per heavy atom. The third kappa shape index (κ3) is 4.20. The van der Waals surface area contributed by atoms with Gasteiger partial charge in [0.15, 0.2) is 5.82 Å². The average molecular weight is 359 g/mol. The number of hydrogen-bond acceptors (Lipinski definition) is 6. The Balaban J connectivity index is 1.33. The highest BCUT2D eigenvalue weighted by Gasteiger charge is 2.24. The van der Waals surface area contributed by atoms with Gasteiger partial charge in [-0.15, -0.1) is 5.10 Å². The van der Waals surface area contributed by atoms with Gasteiger partial charge in [0.05, 0.1) is 25.9 Å². The molecule has 1 unspecified atom stereocenters. The topological polar surface area (TPSA) is 74.4 Å². The Morgan fingerprint density at radius 3 is 2.77 bits per heavy atom. The highest BCUT2D eigenvalue weighted by molar-refractivity contribution is 5.17. The molecule has 0 aliphatic carbocycles. The van der Waals surface area contributed by atoms with Crippen molar-refractivity contribution >= 4 is 0 Å².